The third-order valence-electron chi connectivity index (χ3n) is 7.36. The Bertz CT molecular complexity index is 1470. The van der Waals surface area contributed by atoms with Gasteiger partial charge in [0, 0.05) is 48.3 Å². The Balaban J connectivity index is 1.40. The van der Waals surface area contributed by atoms with Crippen molar-refractivity contribution in [2.24, 2.45) is 5.92 Å². The molecule has 1 unspecified atom stereocenters. The number of fused-ring (bicyclic) bond motifs is 2. The number of halogens is 1. The highest BCUT2D eigenvalue weighted by atomic mass is 35.5. The van der Waals surface area contributed by atoms with Crippen molar-refractivity contribution in [3.8, 4) is 11.4 Å². The van der Waals surface area contributed by atoms with Crippen molar-refractivity contribution < 1.29 is 0 Å². The molecule has 8 nitrogen and oxygen atoms in total. The molecule has 2 aliphatic heterocycles. The van der Waals surface area contributed by atoms with Gasteiger partial charge in [0.05, 0.1) is 22.2 Å². The van der Waals surface area contributed by atoms with Gasteiger partial charge in [-0.3, -0.25) is 4.79 Å². The van der Waals surface area contributed by atoms with E-state index in [1.54, 1.807) is 6.07 Å². The van der Waals surface area contributed by atoms with Gasteiger partial charge in [-0.15, -0.1) is 0 Å². The normalized spacial score (nSPS) is 20.3. The fourth-order valence-electron chi connectivity index (χ4n) is 5.67. The van der Waals surface area contributed by atoms with E-state index in [2.05, 4.69) is 62.7 Å². The minimum atomic E-state index is -0.177. The summed E-state index contributed by atoms with van der Waals surface area (Å²) in [6, 6.07) is 12.1. The molecule has 4 N–H and O–H groups in total. The molecule has 0 bridgehead atoms. The van der Waals surface area contributed by atoms with Gasteiger partial charge in [-0.25, -0.2) is 4.98 Å². The highest BCUT2D eigenvalue weighted by Gasteiger charge is 2.25. The molecular formula is C27H32ClN7O. The number of imidazole rings is 1. The maximum atomic E-state index is 13.4. The van der Waals surface area contributed by atoms with Crippen LogP contribution >= 0.6 is 11.6 Å². The summed E-state index contributed by atoms with van der Waals surface area (Å²) in [5.41, 5.74) is 4.81. The highest BCUT2D eigenvalue weighted by Crippen LogP contribution is 2.34. The molecule has 36 heavy (non-hydrogen) atoms. The topological polar surface area (TPSA) is 92.1 Å². The molecule has 9 heteroatoms. The highest BCUT2D eigenvalue weighted by molar-refractivity contribution is 6.31. The first kappa shape index (κ1) is 23.3. The van der Waals surface area contributed by atoms with Crippen LogP contribution in [0.1, 0.15) is 12.8 Å². The molecule has 2 saturated heterocycles. The van der Waals surface area contributed by atoms with Crippen LogP contribution in [-0.4, -0.2) is 72.7 Å². The second-order valence-corrected chi connectivity index (χ2v) is 10.8. The fraction of sp³-hybridized carbons (Fsp3) is 0.407. The molecule has 0 radical (unpaired) electrons. The van der Waals surface area contributed by atoms with Crippen LogP contribution in [0.25, 0.3) is 33.3 Å². The van der Waals surface area contributed by atoms with Gasteiger partial charge in [-0.05, 0) is 75.8 Å². The number of nitrogens with zero attached hydrogens (tertiary/aromatic N) is 3. The number of rotatable bonds is 6. The van der Waals surface area contributed by atoms with Crippen LogP contribution in [0.4, 0.5) is 11.4 Å². The maximum absolute atomic E-state index is 13.4. The lowest BCUT2D eigenvalue weighted by molar-refractivity contribution is 0.340. The predicted octanol–water partition coefficient (Wildman–Crippen LogP) is 3.89. The van der Waals surface area contributed by atoms with Crippen LogP contribution in [0.2, 0.25) is 5.02 Å². The first-order valence-corrected chi connectivity index (χ1v) is 13.0. The number of aromatic nitrogens is 3. The van der Waals surface area contributed by atoms with Crippen LogP contribution < -0.4 is 21.1 Å². The molecule has 188 valence electrons. The van der Waals surface area contributed by atoms with E-state index in [1.165, 1.54) is 12.1 Å². The lowest BCUT2D eigenvalue weighted by Gasteiger charge is -2.20. The number of hydrogen-bond donors (Lipinski definition) is 4. The summed E-state index contributed by atoms with van der Waals surface area (Å²) in [5, 5.41) is 8.52. The van der Waals surface area contributed by atoms with E-state index < -0.39 is 0 Å². The smallest absolute Gasteiger partial charge is 0.261 e. The number of hydrogen-bond acceptors (Lipinski definition) is 6. The van der Waals surface area contributed by atoms with E-state index in [9.17, 15) is 4.79 Å². The molecular weight excluding hydrogens is 474 g/mol. The van der Waals surface area contributed by atoms with Gasteiger partial charge >= 0.3 is 0 Å². The van der Waals surface area contributed by atoms with Crippen LogP contribution in [0, 0.1) is 5.92 Å². The van der Waals surface area contributed by atoms with Gasteiger partial charge in [0.1, 0.15) is 11.4 Å². The molecule has 4 heterocycles. The third kappa shape index (κ3) is 4.45. The number of H-pyrrole nitrogens is 2. The zero-order valence-electron chi connectivity index (χ0n) is 20.7. The Kier molecular flexibility index (Phi) is 6.11. The molecule has 2 aliphatic rings. The Morgan fingerprint density at radius 1 is 1.14 bits per heavy atom. The quantitative estimate of drug-likeness (QED) is 0.318. The van der Waals surface area contributed by atoms with Crippen LogP contribution in [0.3, 0.4) is 0 Å². The summed E-state index contributed by atoms with van der Waals surface area (Å²) in [6.45, 7) is 5.01. The third-order valence-corrected chi connectivity index (χ3v) is 7.60. The summed E-state index contributed by atoms with van der Waals surface area (Å²) in [7, 11) is 4.27. The standard InChI is InChI=1S/C27H32ClN7O/c1-34(2)14-16-8-10-35(15-16)19-4-6-22-23(12-19)32-26(31-22)24-25(30-18-7-9-29-13-18)20-11-17(28)3-5-21(20)33-27(24)36/h3-6,11-12,16,18,29H,7-10,13-15H2,1-2H3,(H,31,32)(H2,30,33,36)/t16?,18-/m0/s1. The largest absolute Gasteiger partial charge is 0.380 e. The van der Waals surface area contributed by atoms with Crippen LogP contribution in [-0.2, 0) is 0 Å². The van der Waals surface area contributed by atoms with Gasteiger partial charge in [0.2, 0.25) is 0 Å². The van der Waals surface area contributed by atoms with Crippen molar-refractivity contribution >= 4 is 44.9 Å². The van der Waals surface area contributed by atoms with E-state index in [4.69, 9.17) is 16.6 Å². The summed E-state index contributed by atoms with van der Waals surface area (Å²) in [6.07, 6.45) is 2.19. The molecule has 4 aromatic rings. The molecule has 0 amide bonds. The van der Waals surface area contributed by atoms with E-state index in [-0.39, 0.29) is 11.6 Å². The first-order valence-electron chi connectivity index (χ1n) is 12.7. The molecule has 2 aromatic heterocycles. The second-order valence-electron chi connectivity index (χ2n) is 10.4. The minimum absolute atomic E-state index is 0.177. The van der Waals surface area contributed by atoms with Crippen molar-refractivity contribution in [2.75, 3.05) is 57.0 Å². The van der Waals surface area contributed by atoms with Crippen molar-refractivity contribution in [1.82, 2.24) is 25.2 Å². The van der Waals surface area contributed by atoms with E-state index in [0.29, 0.717) is 22.3 Å². The van der Waals surface area contributed by atoms with E-state index in [1.807, 2.05) is 12.1 Å². The predicted molar refractivity (Wildman–Crippen MR) is 148 cm³/mol. The number of pyridine rings is 1. The Labute approximate surface area is 215 Å². The zero-order valence-corrected chi connectivity index (χ0v) is 21.5. The average Bonchev–Trinajstić information content (AvgIpc) is 3.60. The number of anilines is 2. The van der Waals surface area contributed by atoms with E-state index in [0.717, 1.165) is 66.8 Å². The Morgan fingerprint density at radius 2 is 2.00 bits per heavy atom. The maximum Gasteiger partial charge on any atom is 0.261 e. The van der Waals surface area contributed by atoms with E-state index >= 15 is 0 Å². The summed E-state index contributed by atoms with van der Waals surface area (Å²) >= 11 is 6.36. The summed E-state index contributed by atoms with van der Waals surface area (Å²) < 4.78 is 0. The SMILES string of the molecule is CN(C)CC1CCN(c2ccc3[nH]c(-c4c(N[C@H]5CCNC5)c5cc(Cl)ccc5[nH]c4=O)nc3c2)C1. The number of benzene rings is 2. The van der Waals surface area contributed by atoms with Gasteiger partial charge < -0.3 is 30.4 Å². The molecule has 2 atom stereocenters. The Hall–Kier alpha value is -3.07. The molecule has 0 aliphatic carbocycles. The van der Waals surface area contributed by atoms with Crippen LogP contribution in [0.15, 0.2) is 41.2 Å². The Morgan fingerprint density at radius 3 is 2.81 bits per heavy atom. The van der Waals surface area contributed by atoms with Gasteiger partial charge in [0.25, 0.3) is 5.56 Å². The average molecular weight is 506 g/mol. The number of aromatic amines is 2. The molecule has 0 spiro atoms. The molecule has 2 aromatic carbocycles. The monoisotopic (exact) mass is 505 g/mol. The molecule has 6 rings (SSSR count). The van der Waals surface area contributed by atoms with Crippen molar-refractivity contribution in [1.29, 1.82) is 0 Å². The van der Waals surface area contributed by atoms with Crippen molar-refractivity contribution in [3.63, 3.8) is 0 Å². The second kappa shape index (κ2) is 9.42. The minimum Gasteiger partial charge on any atom is -0.380 e. The van der Waals surface area contributed by atoms with Gasteiger partial charge in [0.15, 0.2) is 0 Å². The summed E-state index contributed by atoms with van der Waals surface area (Å²) in [5.74, 6) is 1.23. The first-order chi connectivity index (χ1) is 17.4. The van der Waals surface area contributed by atoms with Crippen LogP contribution in [0.5, 0.6) is 0 Å². The van der Waals surface area contributed by atoms with Gasteiger partial charge in [-0.1, -0.05) is 11.6 Å². The van der Waals surface area contributed by atoms with Crippen molar-refractivity contribution in [2.45, 2.75) is 18.9 Å². The zero-order chi connectivity index (χ0) is 24.8. The summed E-state index contributed by atoms with van der Waals surface area (Å²) in [4.78, 5) is 29.4. The molecule has 2 fully saturated rings. The fourth-order valence-corrected chi connectivity index (χ4v) is 5.84. The molecule has 0 saturated carbocycles. The lowest BCUT2D eigenvalue weighted by atomic mass is 10.1. The number of nitrogens with one attached hydrogen (secondary N) is 4. The van der Waals surface area contributed by atoms with Gasteiger partial charge in [-0.2, -0.15) is 0 Å². The van der Waals surface area contributed by atoms with Crippen molar-refractivity contribution in [3.05, 3.63) is 51.8 Å². The lowest BCUT2D eigenvalue weighted by Crippen LogP contribution is -2.25.